The average Bonchev–Trinajstić information content (AvgIpc) is 2.09. The van der Waals surface area contributed by atoms with Crippen molar-refractivity contribution in [2.45, 2.75) is 32.6 Å². The molecule has 0 saturated heterocycles. The average molecular weight is 150 g/mol. The maximum absolute atomic E-state index is 3.78. The molecule has 0 fully saturated rings. The lowest BCUT2D eigenvalue weighted by Crippen LogP contribution is -1.93. The molecule has 0 aromatic carbocycles. The Balaban J connectivity index is 0.000000461. The molecule has 0 amide bonds. The maximum atomic E-state index is 3.78. The Hall–Kier alpha value is -0.780. The lowest BCUT2D eigenvalue weighted by molar-refractivity contribution is 0.683. The molecule has 1 aliphatic carbocycles. The van der Waals surface area contributed by atoms with Crippen LogP contribution >= 0.6 is 0 Å². The molecular weight excluding hydrogens is 132 g/mol. The van der Waals surface area contributed by atoms with Gasteiger partial charge in [0.25, 0.3) is 0 Å². The Morgan fingerprint density at radius 3 is 2.09 bits per heavy atom. The summed E-state index contributed by atoms with van der Waals surface area (Å²) in [6.07, 6.45) is 7.30. The minimum atomic E-state index is 1.26. The summed E-state index contributed by atoms with van der Waals surface area (Å²) in [5.74, 6) is 0. The fraction of sp³-hybridized carbons (Fsp3) is 0.455. The molecule has 0 radical (unpaired) electrons. The molecule has 0 heteroatoms. The van der Waals surface area contributed by atoms with Gasteiger partial charge in [-0.2, -0.15) is 0 Å². The summed E-state index contributed by atoms with van der Waals surface area (Å²) in [5, 5.41) is 0. The predicted molar refractivity (Wildman–Crippen MR) is 52.6 cm³/mol. The van der Waals surface area contributed by atoms with E-state index in [-0.39, 0.29) is 0 Å². The minimum Gasteiger partial charge on any atom is -0.106 e. The molecule has 0 bridgehead atoms. The van der Waals surface area contributed by atoms with Crippen LogP contribution in [0.25, 0.3) is 0 Å². The Bertz CT molecular complexity index is 151. The first-order valence-electron chi connectivity index (χ1n) is 4.15. The van der Waals surface area contributed by atoms with Crippen LogP contribution in [0.4, 0.5) is 0 Å². The van der Waals surface area contributed by atoms with Gasteiger partial charge >= 0.3 is 0 Å². The van der Waals surface area contributed by atoms with Crippen LogP contribution in [0.2, 0.25) is 0 Å². The fourth-order valence-electron chi connectivity index (χ4n) is 1.36. The van der Waals surface area contributed by atoms with E-state index in [1.807, 2.05) is 6.08 Å². The highest BCUT2D eigenvalue weighted by Crippen LogP contribution is 2.24. The standard InChI is InChI=1S/C9H14.C2H4/c1-3-9-7-5-4-6-8(9)2;1-2/h3H,1,4-7H2,2H3;1-2H2. The highest BCUT2D eigenvalue weighted by atomic mass is 14.1. The Morgan fingerprint density at radius 1 is 1.18 bits per heavy atom. The van der Waals surface area contributed by atoms with Crippen molar-refractivity contribution in [3.8, 4) is 0 Å². The quantitative estimate of drug-likeness (QED) is 0.498. The number of allylic oxidation sites excluding steroid dienone is 3. The smallest absolute Gasteiger partial charge is 0.0280 e. The van der Waals surface area contributed by atoms with Gasteiger partial charge in [-0.3, -0.25) is 0 Å². The zero-order valence-electron chi connectivity index (χ0n) is 7.53. The third-order valence-electron chi connectivity index (χ3n) is 2.04. The lowest BCUT2D eigenvalue weighted by Gasteiger charge is -2.13. The molecule has 1 rings (SSSR count). The first-order valence-corrected chi connectivity index (χ1v) is 4.15. The third-order valence-corrected chi connectivity index (χ3v) is 2.04. The molecule has 0 aromatic rings. The highest BCUT2D eigenvalue weighted by molar-refractivity contribution is 5.24. The van der Waals surface area contributed by atoms with Crippen molar-refractivity contribution in [1.82, 2.24) is 0 Å². The Kier molecular flexibility index (Phi) is 5.54. The van der Waals surface area contributed by atoms with E-state index >= 15 is 0 Å². The molecule has 62 valence electrons. The van der Waals surface area contributed by atoms with Crippen molar-refractivity contribution < 1.29 is 0 Å². The van der Waals surface area contributed by atoms with Crippen molar-refractivity contribution in [3.63, 3.8) is 0 Å². The summed E-state index contributed by atoms with van der Waals surface area (Å²) in [6, 6.07) is 0. The Labute approximate surface area is 70.3 Å². The van der Waals surface area contributed by atoms with E-state index in [4.69, 9.17) is 0 Å². The molecule has 0 N–H and O–H groups in total. The molecule has 0 heterocycles. The van der Waals surface area contributed by atoms with E-state index in [2.05, 4.69) is 26.7 Å². The van der Waals surface area contributed by atoms with E-state index in [1.165, 1.54) is 31.3 Å². The van der Waals surface area contributed by atoms with Crippen molar-refractivity contribution in [2.24, 2.45) is 0 Å². The van der Waals surface area contributed by atoms with Crippen molar-refractivity contribution in [2.75, 3.05) is 0 Å². The summed E-state index contributed by atoms with van der Waals surface area (Å²) in [7, 11) is 0. The zero-order chi connectivity index (χ0) is 8.69. The van der Waals surface area contributed by atoms with Crippen molar-refractivity contribution in [3.05, 3.63) is 37.0 Å². The second kappa shape index (κ2) is 5.96. The second-order valence-electron chi connectivity index (χ2n) is 2.72. The second-order valence-corrected chi connectivity index (χ2v) is 2.72. The highest BCUT2D eigenvalue weighted by Gasteiger charge is 2.04. The first-order chi connectivity index (χ1) is 5.34. The van der Waals surface area contributed by atoms with Gasteiger partial charge in [0, 0.05) is 0 Å². The summed E-state index contributed by atoms with van der Waals surface area (Å²) in [4.78, 5) is 0. The van der Waals surface area contributed by atoms with E-state index in [0.29, 0.717) is 0 Å². The maximum Gasteiger partial charge on any atom is -0.0280 e. The molecule has 0 unspecified atom stereocenters. The Morgan fingerprint density at radius 2 is 1.73 bits per heavy atom. The lowest BCUT2D eigenvalue weighted by atomic mass is 9.93. The topological polar surface area (TPSA) is 0 Å². The first kappa shape index (κ1) is 10.2. The van der Waals surface area contributed by atoms with E-state index in [0.717, 1.165) is 0 Å². The van der Waals surface area contributed by atoms with Gasteiger partial charge in [-0.25, -0.2) is 0 Å². The monoisotopic (exact) mass is 150 g/mol. The van der Waals surface area contributed by atoms with Gasteiger partial charge in [-0.05, 0) is 38.2 Å². The van der Waals surface area contributed by atoms with Crippen molar-refractivity contribution in [1.29, 1.82) is 0 Å². The van der Waals surface area contributed by atoms with Gasteiger partial charge in [0.1, 0.15) is 0 Å². The van der Waals surface area contributed by atoms with Gasteiger partial charge in [-0.15, -0.1) is 13.2 Å². The largest absolute Gasteiger partial charge is 0.106 e. The van der Waals surface area contributed by atoms with Crippen LogP contribution < -0.4 is 0 Å². The molecule has 0 aliphatic heterocycles. The minimum absolute atomic E-state index is 1.26. The normalized spacial score (nSPS) is 16.8. The molecule has 0 spiro atoms. The van der Waals surface area contributed by atoms with Crippen LogP contribution in [0, 0.1) is 0 Å². The number of rotatable bonds is 1. The summed E-state index contributed by atoms with van der Waals surface area (Å²) >= 11 is 0. The summed E-state index contributed by atoms with van der Waals surface area (Å²) in [6.45, 7) is 12.0. The SMILES string of the molecule is C=C.C=CC1=C(C)CCCC1. The molecule has 1 aliphatic rings. The number of hydrogen-bond acceptors (Lipinski definition) is 0. The fourth-order valence-corrected chi connectivity index (χ4v) is 1.36. The van der Waals surface area contributed by atoms with Crippen LogP contribution in [0.1, 0.15) is 32.6 Å². The van der Waals surface area contributed by atoms with E-state index in [9.17, 15) is 0 Å². The molecular formula is C11H18. The molecule has 0 nitrogen and oxygen atoms in total. The molecule has 0 aromatic heterocycles. The molecule has 11 heavy (non-hydrogen) atoms. The number of hydrogen-bond donors (Lipinski definition) is 0. The van der Waals surface area contributed by atoms with Gasteiger partial charge in [0.2, 0.25) is 0 Å². The van der Waals surface area contributed by atoms with Crippen LogP contribution in [-0.2, 0) is 0 Å². The summed E-state index contributed by atoms with van der Waals surface area (Å²) < 4.78 is 0. The third kappa shape index (κ3) is 3.22. The molecule has 0 saturated carbocycles. The van der Waals surface area contributed by atoms with Crippen LogP contribution in [0.15, 0.2) is 37.0 Å². The summed E-state index contributed by atoms with van der Waals surface area (Å²) in [5.41, 5.74) is 3.04. The van der Waals surface area contributed by atoms with E-state index < -0.39 is 0 Å². The van der Waals surface area contributed by atoms with Gasteiger partial charge in [0.05, 0.1) is 0 Å². The van der Waals surface area contributed by atoms with Crippen molar-refractivity contribution >= 4 is 0 Å². The van der Waals surface area contributed by atoms with Crippen LogP contribution in [0.5, 0.6) is 0 Å². The van der Waals surface area contributed by atoms with Gasteiger partial charge < -0.3 is 0 Å². The van der Waals surface area contributed by atoms with Gasteiger partial charge in [0.15, 0.2) is 0 Å². The van der Waals surface area contributed by atoms with Crippen LogP contribution in [0.3, 0.4) is 0 Å². The molecule has 0 atom stereocenters. The predicted octanol–water partition coefficient (Wildman–Crippen LogP) is 3.87. The van der Waals surface area contributed by atoms with Gasteiger partial charge in [-0.1, -0.05) is 18.2 Å². The zero-order valence-corrected chi connectivity index (χ0v) is 7.53. The van der Waals surface area contributed by atoms with E-state index in [1.54, 1.807) is 5.57 Å². The van der Waals surface area contributed by atoms with Crippen LogP contribution in [-0.4, -0.2) is 0 Å².